The van der Waals surface area contributed by atoms with E-state index in [1.807, 2.05) is 36.7 Å². The number of halogens is 5. The van der Waals surface area contributed by atoms with Crippen LogP contribution in [0.25, 0.3) is 21.8 Å². The molecule has 6 aromatic rings. The van der Waals surface area contributed by atoms with Crippen LogP contribution in [0.15, 0.2) is 79.1 Å². The average Bonchev–Trinajstić information content (AvgIpc) is 3.65. The molecule has 4 aliphatic heterocycles. The number of methoxy groups -OCH3 is 2. The number of benzene rings is 4. The minimum absolute atomic E-state index is 0.103. The Morgan fingerprint density at radius 3 is 1.41 bits per heavy atom. The highest BCUT2D eigenvalue weighted by molar-refractivity contribution is 5.85. The summed E-state index contributed by atoms with van der Waals surface area (Å²) in [6.45, 7) is 13.5. The van der Waals surface area contributed by atoms with Gasteiger partial charge in [-0.05, 0) is 160 Å². The molecule has 450 valence electrons. The van der Waals surface area contributed by atoms with Crippen molar-refractivity contribution in [2.45, 2.75) is 77.3 Å². The molecule has 2 N–H and O–H groups in total. The molecule has 0 aliphatic carbocycles. The summed E-state index contributed by atoms with van der Waals surface area (Å²) in [5, 5.41) is 23.1. The second-order valence-corrected chi connectivity index (χ2v) is 22.8. The van der Waals surface area contributed by atoms with E-state index in [0.29, 0.717) is 25.8 Å². The zero-order valence-electron chi connectivity index (χ0n) is 48.1. The van der Waals surface area contributed by atoms with Gasteiger partial charge >= 0.3 is 0 Å². The Labute approximate surface area is 484 Å². The van der Waals surface area contributed by atoms with Crippen LogP contribution in [0.4, 0.5) is 22.0 Å². The Balaban J connectivity index is 0.000000200. The summed E-state index contributed by atoms with van der Waals surface area (Å²) in [7, 11) is 3.37. The van der Waals surface area contributed by atoms with Crippen molar-refractivity contribution < 1.29 is 60.6 Å². The number of morpholine rings is 2. The van der Waals surface area contributed by atoms with Crippen LogP contribution in [0.5, 0.6) is 23.0 Å². The second kappa shape index (κ2) is 29.8. The zero-order valence-corrected chi connectivity index (χ0v) is 48.1. The Bertz CT molecular complexity index is 3020. The van der Waals surface area contributed by atoms with Gasteiger partial charge in [0, 0.05) is 119 Å². The molecule has 4 saturated heterocycles. The lowest BCUT2D eigenvalue weighted by Crippen LogP contribution is -2.43. The molecule has 0 radical (unpaired) electrons. The summed E-state index contributed by atoms with van der Waals surface area (Å²) in [5.41, 5.74) is 6.73. The number of aryl methyl sites for hydroxylation is 2. The first-order chi connectivity index (χ1) is 40.4. The van der Waals surface area contributed by atoms with E-state index >= 15 is 0 Å². The molecule has 0 amide bonds. The second-order valence-electron chi connectivity index (χ2n) is 22.8. The fraction of sp³-hybridized carbons (Fsp3) is 0.531. The Morgan fingerprint density at radius 1 is 0.518 bits per heavy atom. The highest BCUT2D eigenvalue weighted by Gasteiger charge is 2.35. The van der Waals surface area contributed by atoms with Crippen molar-refractivity contribution in [2.24, 2.45) is 10.8 Å². The van der Waals surface area contributed by atoms with Gasteiger partial charge in [-0.3, -0.25) is 29.6 Å². The molecular formula is C64H81F5N6O8. The zero-order chi connectivity index (χ0) is 58.2. The Hall–Kier alpha value is -5.77. The highest BCUT2D eigenvalue weighted by Crippen LogP contribution is 2.39. The maximum atomic E-state index is 13.9. The number of pyridine rings is 2. The van der Waals surface area contributed by atoms with Gasteiger partial charge in [-0.1, -0.05) is 0 Å². The minimum Gasteiger partial charge on any atom is -0.497 e. The van der Waals surface area contributed by atoms with Gasteiger partial charge in [-0.15, -0.1) is 0 Å². The molecule has 0 spiro atoms. The summed E-state index contributed by atoms with van der Waals surface area (Å²) in [5.74, 6) is -3.16. The van der Waals surface area contributed by atoms with Crippen LogP contribution in [0.1, 0.15) is 73.6 Å². The maximum absolute atomic E-state index is 13.9. The molecule has 4 aromatic carbocycles. The molecule has 0 saturated carbocycles. The van der Waals surface area contributed by atoms with Gasteiger partial charge in [0.25, 0.3) is 0 Å². The van der Waals surface area contributed by atoms with Crippen molar-refractivity contribution in [1.82, 2.24) is 29.6 Å². The van der Waals surface area contributed by atoms with Gasteiger partial charge in [-0.25, -0.2) is 17.6 Å². The average molecular weight is 1160 g/mol. The van der Waals surface area contributed by atoms with E-state index in [4.69, 9.17) is 38.4 Å². The number of piperidine rings is 2. The SMILES string of the molecule is COc1ccc2ncc(CN3CCOCC3)c(CCCC3(CO)CCN(CCOc4cc(F)cc(F)c4)CC3)c2c1.COc1ccc2ncc(CN3CCOCC3)c(CCCC3(CO)CCN(CCOc4cc(F)cc(F)c4F)CC3)c2c1. The summed E-state index contributed by atoms with van der Waals surface area (Å²) in [6, 6.07) is 16.7. The van der Waals surface area contributed by atoms with Crippen molar-refractivity contribution in [3.63, 3.8) is 0 Å². The molecule has 6 heterocycles. The number of fused-ring (bicyclic) bond motifs is 2. The van der Waals surface area contributed by atoms with Gasteiger partial charge in [0.2, 0.25) is 5.82 Å². The van der Waals surface area contributed by atoms with E-state index in [1.165, 1.54) is 34.4 Å². The van der Waals surface area contributed by atoms with Crippen LogP contribution < -0.4 is 18.9 Å². The number of aliphatic hydroxyl groups is 2. The standard InChI is InChI=1S/C32H40F3N3O4.C32H41F2N3O4/c1-40-25-4-5-29-27(19-25)26(23(20-36-29)21-38-11-14-41-15-12-38)3-2-6-32(22-39)7-9-37(10-8-32)13-16-42-30-18-24(33)17-28(34)31(30)35;1-39-27-4-5-31-30(20-27)29(24(21-35-31)22-37-11-14-40-15-12-37)3-2-6-32(23-38)7-9-36(10-8-32)13-16-41-28-18-25(33)17-26(34)19-28/h4-5,17-20,39H,2-3,6-16,21-22H2,1H3;4-5,17-21,38H,2-3,6-16,22-23H2,1H3. The van der Waals surface area contributed by atoms with Gasteiger partial charge < -0.3 is 38.6 Å². The third kappa shape index (κ3) is 16.8. The van der Waals surface area contributed by atoms with Crippen LogP contribution in [0.3, 0.4) is 0 Å². The topological polar surface area (TPSA) is 135 Å². The number of aromatic nitrogens is 2. The quantitative estimate of drug-likeness (QED) is 0.0440. The van der Waals surface area contributed by atoms with Crippen molar-refractivity contribution in [3.05, 3.63) is 130 Å². The van der Waals surface area contributed by atoms with E-state index in [1.54, 1.807) is 14.2 Å². The lowest BCUT2D eigenvalue weighted by Gasteiger charge is -2.41. The predicted molar refractivity (Wildman–Crippen MR) is 309 cm³/mol. The molecule has 19 heteroatoms. The number of hydrogen-bond acceptors (Lipinski definition) is 14. The fourth-order valence-electron chi connectivity index (χ4n) is 12.2. The Kier molecular flexibility index (Phi) is 22.2. The highest BCUT2D eigenvalue weighted by atomic mass is 19.2. The maximum Gasteiger partial charge on any atom is 0.200 e. The van der Waals surface area contributed by atoms with Crippen LogP contribution in [0, 0.1) is 39.9 Å². The number of nitrogens with zero attached hydrogens (tertiary/aromatic N) is 6. The summed E-state index contributed by atoms with van der Waals surface area (Å²) in [4.78, 5) is 18.8. The molecule has 0 bridgehead atoms. The van der Waals surface area contributed by atoms with Crippen LogP contribution in [-0.4, -0.2) is 172 Å². The first-order valence-electron chi connectivity index (χ1n) is 29.4. The van der Waals surface area contributed by atoms with E-state index in [-0.39, 0.29) is 36.4 Å². The number of aliphatic hydroxyl groups excluding tert-OH is 2. The molecule has 2 aromatic heterocycles. The minimum atomic E-state index is -1.26. The van der Waals surface area contributed by atoms with Gasteiger partial charge in [0.05, 0.1) is 51.7 Å². The largest absolute Gasteiger partial charge is 0.497 e. The van der Waals surface area contributed by atoms with E-state index in [2.05, 4.69) is 31.7 Å². The lowest BCUT2D eigenvalue weighted by molar-refractivity contribution is 0.0311. The van der Waals surface area contributed by atoms with Crippen molar-refractivity contribution in [2.75, 3.05) is 133 Å². The van der Waals surface area contributed by atoms with Gasteiger partial charge in [0.1, 0.15) is 47.9 Å². The third-order valence-electron chi connectivity index (χ3n) is 17.5. The van der Waals surface area contributed by atoms with Crippen molar-refractivity contribution >= 4 is 21.8 Å². The first-order valence-corrected chi connectivity index (χ1v) is 29.4. The number of hydrogen-bond donors (Lipinski definition) is 2. The molecule has 4 aliphatic rings. The number of likely N-dealkylation sites (tertiary alicyclic amines) is 2. The van der Waals surface area contributed by atoms with Crippen LogP contribution >= 0.6 is 0 Å². The third-order valence-corrected chi connectivity index (χ3v) is 17.5. The molecule has 10 rings (SSSR count). The summed E-state index contributed by atoms with van der Waals surface area (Å²) >= 11 is 0. The lowest BCUT2D eigenvalue weighted by atomic mass is 9.75. The fourth-order valence-corrected chi connectivity index (χ4v) is 12.2. The predicted octanol–water partition coefficient (Wildman–Crippen LogP) is 9.80. The van der Waals surface area contributed by atoms with Crippen molar-refractivity contribution in [3.8, 4) is 23.0 Å². The molecule has 14 nitrogen and oxygen atoms in total. The molecule has 0 unspecified atom stereocenters. The normalized spacial score (nSPS) is 18.0. The van der Waals surface area contributed by atoms with Gasteiger partial charge in [0.15, 0.2) is 11.6 Å². The molecular weight excluding hydrogens is 1080 g/mol. The monoisotopic (exact) mass is 1160 g/mol. The summed E-state index contributed by atoms with van der Waals surface area (Å²) < 4.78 is 101. The van der Waals surface area contributed by atoms with Crippen molar-refractivity contribution in [1.29, 1.82) is 0 Å². The van der Waals surface area contributed by atoms with Crippen LogP contribution in [-0.2, 0) is 35.4 Å². The smallest absolute Gasteiger partial charge is 0.200 e. The molecule has 4 fully saturated rings. The molecule has 83 heavy (non-hydrogen) atoms. The van der Waals surface area contributed by atoms with Gasteiger partial charge in [-0.2, -0.15) is 4.39 Å². The Morgan fingerprint density at radius 2 is 0.964 bits per heavy atom. The van der Waals surface area contributed by atoms with E-state index in [9.17, 15) is 32.2 Å². The summed E-state index contributed by atoms with van der Waals surface area (Å²) in [6.07, 6.45) is 13.0. The van der Waals surface area contributed by atoms with Crippen LogP contribution in [0.2, 0.25) is 0 Å². The first kappa shape index (κ1) is 61.8. The van der Waals surface area contributed by atoms with E-state index in [0.717, 1.165) is 202 Å². The number of rotatable bonds is 24. The molecule has 0 atom stereocenters. The number of ether oxygens (including phenoxy) is 6. The van der Waals surface area contributed by atoms with E-state index < -0.39 is 34.8 Å².